The SMILES string of the molecule is CCc1cc(C(F)(F)F)c2c([C@H]3CCCN(C(=O)CCn4ccc(C)n4)C3)noc2n1. The first-order chi connectivity index (χ1) is 14.8. The third-order valence-electron chi connectivity index (χ3n) is 5.68. The molecule has 0 N–H and O–H groups in total. The van der Waals surface area contributed by atoms with Gasteiger partial charge in [0.25, 0.3) is 5.71 Å². The Balaban J connectivity index is 1.56. The van der Waals surface area contributed by atoms with Gasteiger partial charge in [0.2, 0.25) is 5.91 Å². The molecule has 10 heteroatoms. The number of hydrogen-bond donors (Lipinski definition) is 0. The molecule has 1 saturated heterocycles. The summed E-state index contributed by atoms with van der Waals surface area (Å²) in [4.78, 5) is 18.6. The van der Waals surface area contributed by atoms with Gasteiger partial charge in [0.15, 0.2) is 0 Å². The molecule has 0 spiro atoms. The van der Waals surface area contributed by atoms with E-state index in [4.69, 9.17) is 4.52 Å². The quantitative estimate of drug-likeness (QED) is 0.603. The van der Waals surface area contributed by atoms with Crippen molar-refractivity contribution in [2.45, 2.75) is 58.2 Å². The Morgan fingerprint density at radius 1 is 1.35 bits per heavy atom. The van der Waals surface area contributed by atoms with E-state index < -0.39 is 11.7 Å². The van der Waals surface area contributed by atoms with Gasteiger partial charge in [-0.25, -0.2) is 4.98 Å². The van der Waals surface area contributed by atoms with E-state index in [1.165, 1.54) is 0 Å². The van der Waals surface area contributed by atoms with E-state index in [1.54, 1.807) is 16.5 Å². The summed E-state index contributed by atoms with van der Waals surface area (Å²) < 4.78 is 48.2. The van der Waals surface area contributed by atoms with E-state index in [-0.39, 0.29) is 35.0 Å². The van der Waals surface area contributed by atoms with Crippen LogP contribution in [-0.2, 0) is 23.9 Å². The summed E-state index contributed by atoms with van der Waals surface area (Å²) in [7, 11) is 0. The molecule has 1 aliphatic heterocycles. The van der Waals surface area contributed by atoms with E-state index in [2.05, 4.69) is 15.2 Å². The van der Waals surface area contributed by atoms with Gasteiger partial charge >= 0.3 is 6.18 Å². The Bertz CT molecular complexity index is 1090. The number of carbonyl (C=O) groups is 1. The van der Waals surface area contributed by atoms with Crippen LogP contribution in [0.5, 0.6) is 0 Å². The number of carbonyl (C=O) groups excluding carboxylic acids is 1. The Labute approximate surface area is 177 Å². The lowest BCUT2D eigenvalue weighted by Gasteiger charge is -2.32. The number of likely N-dealkylation sites (tertiary alicyclic amines) is 1. The molecular weight excluding hydrogens is 411 g/mol. The molecule has 3 aromatic rings. The van der Waals surface area contributed by atoms with E-state index >= 15 is 0 Å². The van der Waals surface area contributed by atoms with Gasteiger partial charge in [-0.3, -0.25) is 9.48 Å². The molecule has 1 fully saturated rings. The minimum atomic E-state index is -4.54. The van der Waals surface area contributed by atoms with E-state index in [0.717, 1.165) is 11.8 Å². The number of pyridine rings is 1. The van der Waals surface area contributed by atoms with Crippen LogP contribution in [-0.4, -0.2) is 43.8 Å². The molecule has 0 aromatic carbocycles. The van der Waals surface area contributed by atoms with Crippen LogP contribution >= 0.6 is 0 Å². The second-order valence-electron chi connectivity index (χ2n) is 7.91. The van der Waals surface area contributed by atoms with Crippen LogP contribution in [0.2, 0.25) is 0 Å². The van der Waals surface area contributed by atoms with Gasteiger partial charge in [-0.05, 0) is 38.3 Å². The minimum absolute atomic E-state index is 0.0481. The maximum atomic E-state index is 13.8. The van der Waals surface area contributed by atoms with Crippen LogP contribution in [0.25, 0.3) is 11.1 Å². The predicted octanol–water partition coefficient (Wildman–Crippen LogP) is 4.11. The Morgan fingerprint density at radius 2 is 2.16 bits per heavy atom. The molecule has 4 heterocycles. The summed E-state index contributed by atoms with van der Waals surface area (Å²) in [6.45, 7) is 4.96. The fraction of sp³-hybridized carbons (Fsp3) is 0.524. The number of alkyl halides is 3. The number of piperidine rings is 1. The van der Waals surface area contributed by atoms with Crippen molar-refractivity contribution in [2.24, 2.45) is 0 Å². The summed E-state index contributed by atoms with van der Waals surface area (Å²) >= 11 is 0. The Kier molecular flexibility index (Phi) is 5.72. The lowest BCUT2D eigenvalue weighted by molar-refractivity contribution is -0.136. The normalized spacial score (nSPS) is 17.5. The summed E-state index contributed by atoms with van der Waals surface area (Å²) in [5, 5.41) is 8.16. The van der Waals surface area contributed by atoms with Gasteiger partial charge in [0.1, 0.15) is 0 Å². The highest BCUT2D eigenvalue weighted by molar-refractivity contribution is 5.82. The third kappa shape index (κ3) is 4.42. The van der Waals surface area contributed by atoms with Crippen LogP contribution in [0, 0.1) is 6.92 Å². The lowest BCUT2D eigenvalue weighted by atomic mass is 9.91. The van der Waals surface area contributed by atoms with Crippen molar-refractivity contribution in [3.8, 4) is 0 Å². The number of hydrogen-bond acceptors (Lipinski definition) is 5. The fourth-order valence-electron chi connectivity index (χ4n) is 4.09. The lowest BCUT2D eigenvalue weighted by Crippen LogP contribution is -2.39. The predicted molar refractivity (Wildman–Crippen MR) is 106 cm³/mol. The van der Waals surface area contributed by atoms with Crippen molar-refractivity contribution in [3.63, 3.8) is 0 Å². The first-order valence-electron chi connectivity index (χ1n) is 10.4. The van der Waals surface area contributed by atoms with Crippen molar-refractivity contribution in [2.75, 3.05) is 13.1 Å². The van der Waals surface area contributed by atoms with Crippen LogP contribution in [0.4, 0.5) is 13.2 Å². The molecule has 31 heavy (non-hydrogen) atoms. The molecule has 1 amide bonds. The molecule has 0 unspecified atom stereocenters. The molecule has 4 rings (SSSR count). The average Bonchev–Trinajstić information content (AvgIpc) is 3.36. The zero-order chi connectivity index (χ0) is 22.2. The maximum absolute atomic E-state index is 13.8. The zero-order valence-electron chi connectivity index (χ0n) is 17.4. The van der Waals surface area contributed by atoms with E-state index in [1.807, 2.05) is 19.2 Å². The molecular formula is C21H24F3N5O2. The number of fused-ring (bicyclic) bond motifs is 1. The molecule has 1 atom stereocenters. The molecule has 1 aliphatic rings. The molecule has 7 nitrogen and oxygen atoms in total. The van der Waals surface area contributed by atoms with Crippen LogP contribution in [0.15, 0.2) is 22.9 Å². The monoisotopic (exact) mass is 435 g/mol. The highest BCUT2D eigenvalue weighted by Gasteiger charge is 2.38. The van der Waals surface area contributed by atoms with Crippen LogP contribution in [0.1, 0.15) is 54.7 Å². The van der Waals surface area contributed by atoms with Crippen molar-refractivity contribution < 1.29 is 22.5 Å². The molecule has 0 bridgehead atoms. The van der Waals surface area contributed by atoms with Gasteiger partial charge < -0.3 is 9.42 Å². The Hall–Kier alpha value is -2.91. The zero-order valence-corrected chi connectivity index (χ0v) is 17.4. The Morgan fingerprint density at radius 3 is 2.84 bits per heavy atom. The molecule has 0 radical (unpaired) electrons. The average molecular weight is 435 g/mol. The second kappa shape index (κ2) is 8.32. The number of rotatable bonds is 5. The first kappa shape index (κ1) is 21.3. The van der Waals surface area contributed by atoms with Crippen molar-refractivity contribution in [3.05, 3.63) is 41.0 Å². The first-order valence-corrected chi connectivity index (χ1v) is 10.4. The minimum Gasteiger partial charge on any atom is -0.342 e. The number of aryl methyl sites for hydroxylation is 3. The van der Waals surface area contributed by atoms with Gasteiger partial charge in [-0.15, -0.1) is 0 Å². The number of nitrogens with zero attached hydrogens (tertiary/aromatic N) is 5. The summed E-state index contributed by atoms with van der Waals surface area (Å²) in [6.07, 6.45) is -0.764. The fourth-order valence-corrected chi connectivity index (χ4v) is 4.09. The molecule has 166 valence electrons. The number of halogens is 3. The number of amides is 1. The molecule has 0 aliphatic carbocycles. The summed E-state index contributed by atoms with van der Waals surface area (Å²) in [5.41, 5.74) is 0.542. The molecule has 0 saturated carbocycles. The number of aromatic nitrogens is 4. The van der Waals surface area contributed by atoms with Crippen molar-refractivity contribution >= 4 is 17.0 Å². The standard InChI is InChI=1S/C21H24F3N5O2/c1-3-15-11-16(21(22,23)24)18-19(27-31-20(18)25-15)14-5-4-8-28(12-14)17(30)7-10-29-9-6-13(2)26-29/h6,9,11,14H,3-5,7-8,10,12H2,1-2H3/t14-/m0/s1. The summed E-state index contributed by atoms with van der Waals surface area (Å²) in [6, 6.07) is 2.94. The van der Waals surface area contributed by atoms with E-state index in [0.29, 0.717) is 44.6 Å². The highest BCUT2D eigenvalue weighted by Crippen LogP contribution is 2.40. The van der Waals surface area contributed by atoms with Crippen LogP contribution < -0.4 is 0 Å². The second-order valence-corrected chi connectivity index (χ2v) is 7.91. The third-order valence-corrected chi connectivity index (χ3v) is 5.68. The van der Waals surface area contributed by atoms with E-state index in [9.17, 15) is 18.0 Å². The van der Waals surface area contributed by atoms with Gasteiger partial charge in [0, 0.05) is 43.9 Å². The molecule has 3 aromatic heterocycles. The highest BCUT2D eigenvalue weighted by atomic mass is 19.4. The summed E-state index contributed by atoms with van der Waals surface area (Å²) in [5.74, 6) is -0.380. The van der Waals surface area contributed by atoms with Gasteiger partial charge in [0.05, 0.1) is 22.3 Å². The maximum Gasteiger partial charge on any atom is 0.417 e. The smallest absolute Gasteiger partial charge is 0.342 e. The van der Waals surface area contributed by atoms with Gasteiger partial charge in [-0.2, -0.15) is 18.3 Å². The van der Waals surface area contributed by atoms with Crippen LogP contribution in [0.3, 0.4) is 0 Å². The van der Waals surface area contributed by atoms with Crippen molar-refractivity contribution in [1.82, 2.24) is 24.8 Å². The van der Waals surface area contributed by atoms with Gasteiger partial charge in [-0.1, -0.05) is 12.1 Å². The topological polar surface area (TPSA) is 77.0 Å². The largest absolute Gasteiger partial charge is 0.417 e. The van der Waals surface area contributed by atoms with Crippen molar-refractivity contribution in [1.29, 1.82) is 0 Å².